The van der Waals surface area contributed by atoms with Crippen molar-refractivity contribution in [2.75, 3.05) is 18.5 Å². The predicted octanol–water partition coefficient (Wildman–Crippen LogP) is 2.15. The Morgan fingerprint density at radius 2 is 2.27 bits per heavy atom. The van der Waals surface area contributed by atoms with Gasteiger partial charge in [0.1, 0.15) is 0 Å². The van der Waals surface area contributed by atoms with Crippen LogP contribution in [0.2, 0.25) is 0 Å². The van der Waals surface area contributed by atoms with Crippen LogP contribution in [-0.2, 0) is 6.42 Å². The van der Waals surface area contributed by atoms with Crippen LogP contribution in [0.3, 0.4) is 0 Å². The van der Waals surface area contributed by atoms with Crippen LogP contribution in [0.4, 0.5) is 5.69 Å². The van der Waals surface area contributed by atoms with Crippen molar-refractivity contribution in [1.82, 2.24) is 5.32 Å². The molecule has 15 heavy (non-hydrogen) atoms. The van der Waals surface area contributed by atoms with Crippen LogP contribution in [0.5, 0.6) is 0 Å². The summed E-state index contributed by atoms with van der Waals surface area (Å²) in [6, 6.07) is 6.47. The van der Waals surface area contributed by atoms with Crippen molar-refractivity contribution in [3.8, 4) is 0 Å². The van der Waals surface area contributed by atoms with Gasteiger partial charge in [0.15, 0.2) is 0 Å². The molecule has 1 aromatic rings. The van der Waals surface area contributed by atoms with Crippen LogP contribution < -0.4 is 10.2 Å². The third kappa shape index (κ3) is 1.25. The van der Waals surface area contributed by atoms with E-state index in [0.29, 0.717) is 0 Å². The van der Waals surface area contributed by atoms with Gasteiger partial charge in [0.2, 0.25) is 0 Å². The van der Waals surface area contributed by atoms with Crippen molar-refractivity contribution in [2.24, 2.45) is 0 Å². The Hall–Kier alpha value is -1.70. The molecule has 0 aliphatic carbocycles. The highest BCUT2D eigenvalue weighted by Crippen LogP contribution is 2.33. The molecular weight excluding hydrogens is 184 g/mol. The van der Waals surface area contributed by atoms with Gasteiger partial charge in [0.25, 0.3) is 0 Å². The summed E-state index contributed by atoms with van der Waals surface area (Å²) in [6.07, 6.45) is 7.06. The Labute approximate surface area is 89.9 Å². The molecule has 0 bridgehead atoms. The van der Waals surface area contributed by atoms with Crippen molar-refractivity contribution < 1.29 is 0 Å². The maximum Gasteiger partial charge on any atom is 0.0706 e. The number of likely N-dealkylation sites (N-methyl/N-ethyl adjacent to an activating group) is 1. The minimum absolute atomic E-state index is 1.10. The number of nitrogens with zero attached hydrogens (tertiary/aromatic N) is 2. The van der Waals surface area contributed by atoms with Crippen LogP contribution in [-0.4, -0.2) is 13.6 Å². The molecule has 0 saturated heterocycles. The molecule has 0 aromatic heterocycles. The second-order valence-electron chi connectivity index (χ2n) is 4.00. The Kier molecular flexibility index (Phi) is 1.81. The predicted molar refractivity (Wildman–Crippen MR) is 62.7 cm³/mol. The molecule has 75 valence electrons. The number of rotatable bonds is 1. The first-order valence-electron chi connectivity index (χ1n) is 5.27. The van der Waals surface area contributed by atoms with Crippen LogP contribution in [0.25, 0.3) is 5.70 Å². The largest absolute Gasteiger partial charge is 0.374 e. The molecular formula is C13H13N2. The maximum absolute atomic E-state index is 4.37. The zero-order chi connectivity index (χ0) is 10.3. The zero-order valence-electron chi connectivity index (χ0n) is 8.77. The molecule has 0 atom stereocenters. The molecule has 3 rings (SSSR count). The Bertz CT molecular complexity index is 458. The van der Waals surface area contributed by atoms with Crippen LogP contribution in [0.15, 0.2) is 36.6 Å². The van der Waals surface area contributed by atoms with E-state index in [1.54, 1.807) is 0 Å². The Morgan fingerprint density at radius 3 is 3.07 bits per heavy atom. The molecule has 0 fully saturated rings. The smallest absolute Gasteiger partial charge is 0.0706 e. The average molecular weight is 197 g/mol. The van der Waals surface area contributed by atoms with E-state index in [-0.39, 0.29) is 0 Å². The van der Waals surface area contributed by atoms with E-state index in [9.17, 15) is 0 Å². The van der Waals surface area contributed by atoms with Crippen molar-refractivity contribution in [3.63, 3.8) is 0 Å². The van der Waals surface area contributed by atoms with E-state index in [1.165, 1.54) is 16.8 Å². The zero-order valence-corrected chi connectivity index (χ0v) is 8.77. The molecule has 2 aliphatic heterocycles. The normalized spacial score (nSPS) is 17.7. The summed E-state index contributed by atoms with van der Waals surface area (Å²) in [6.45, 7) is 1.12. The van der Waals surface area contributed by atoms with Gasteiger partial charge in [-0.3, -0.25) is 5.32 Å². The van der Waals surface area contributed by atoms with Gasteiger partial charge in [0.05, 0.1) is 5.70 Å². The van der Waals surface area contributed by atoms with Crippen molar-refractivity contribution in [2.45, 2.75) is 6.42 Å². The van der Waals surface area contributed by atoms with Gasteiger partial charge >= 0.3 is 0 Å². The molecule has 2 heterocycles. The summed E-state index contributed by atoms with van der Waals surface area (Å²) in [5.74, 6) is 0. The fourth-order valence-electron chi connectivity index (χ4n) is 2.29. The van der Waals surface area contributed by atoms with Crippen LogP contribution >= 0.6 is 0 Å². The van der Waals surface area contributed by atoms with E-state index in [4.69, 9.17) is 0 Å². The van der Waals surface area contributed by atoms with Gasteiger partial charge in [0, 0.05) is 31.0 Å². The number of allylic oxidation sites excluding steroid dienone is 2. The second kappa shape index (κ2) is 3.16. The summed E-state index contributed by atoms with van der Waals surface area (Å²) >= 11 is 0. The lowest BCUT2D eigenvalue weighted by Crippen LogP contribution is -2.12. The monoisotopic (exact) mass is 197 g/mol. The first-order chi connectivity index (χ1) is 7.36. The number of hydrogen-bond donors (Lipinski definition) is 0. The van der Waals surface area contributed by atoms with E-state index in [0.717, 1.165) is 18.7 Å². The fourth-order valence-corrected chi connectivity index (χ4v) is 2.29. The minimum atomic E-state index is 1.10. The average Bonchev–Trinajstić information content (AvgIpc) is 2.88. The number of benzene rings is 1. The van der Waals surface area contributed by atoms with Gasteiger partial charge in [-0.25, -0.2) is 0 Å². The van der Waals surface area contributed by atoms with E-state index in [2.05, 4.69) is 41.5 Å². The first kappa shape index (κ1) is 8.60. The highest BCUT2D eigenvalue weighted by molar-refractivity contribution is 5.76. The summed E-state index contributed by atoms with van der Waals surface area (Å²) in [5, 5.41) is 4.37. The Morgan fingerprint density at radius 1 is 1.33 bits per heavy atom. The molecule has 1 aromatic carbocycles. The maximum atomic E-state index is 4.37. The quantitative estimate of drug-likeness (QED) is 0.674. The van der Waals surface area contributed by atoms with Gasteiger partial charge in [-0.1, -0.05) is 12.1 Å². The standard InChI is InChI=1S/C13H13N2/c1-15-9-7-11-10(4-2-6-13(11)15)12-5-3-8-14-12/h2-6,8H,7,9H2,1H3. The first-order valence-corrected chi connectivity index (χ1v) is 5.27. The molecule has 0 amide bonds. The van der Waals surface area contributed by atoms with Crippen LogP contribution in [0.1, 0.15) is 11.1 Å². The van der Waals surface area contributed by atoms with Crippen molar-refractivity contribution in [3.05, 3.63) is 47.7 Å². The highest BCUT2D eigenvalue weighted by Gasteiger charge is 2.20. The lowest BCUT2D eigenvalue weighted by molar-refractivity contribution is 0.954. The lowest BCUT2D eigenvalue weighted by Gasteiger charge is -2.13. The molecule has 0 N–H and O–H groups in total. The van der Waals surface area contributed by atoms with E-state index < -0.39 is 0 Å². The summed E-state index contributed by atoms with van der Waals surface area (Å²) < 4.78 is 0. The number of fused-ring (bicyclic) bond motifs is 1. The molecule has 0 spiro atoms. The second-order valence-corrected chi connectivity index (χ2v) is 4.00. The van der Waals surface area contributed by atoms with Gasteiger partial charge in [-0.15, -0.1) is 0 Å². The van der Waals surface area contributed by atoms with Gasteiger partial charge in [-0.2, -0.15) is 0 Å². The number of hydrogen-bond acceptors (Lipinski definition) is 1. The summed E-state index contributed by atoms with van der Waals surface area (Å²) in [5.41, 5.74) is 5.19. The highest BCUT2D eigenvalue weighted by atomic mass is 15.1. The van der Waals surface area contributed by atoms with Gasteiger partial charge < -0.3 is 4.90 Å². The fraction of sp³-hybridized carbons (Fsp3) is 0.231. The molecule has 0 unspecified atom stereocenters. The molecule has 2 heteroatoms. The summed E-state index contributed by atoms with van der Waals surface area (Å²) in [7, 11) is 2.15. The lowest BCUT2D eigenvalue weighted by atomic mass is 10.0. The molecule has 1 radical (unpaired) electrons. The molecule has 2 nitrogen and oxygen atoms in total. The van der Waals surface area contributed by atoms with Crippen LogP contribution in [0, 0.1) is 0 Å². The SMILES string of the molecule is CN1CCc2c(C3=CC=C[N]3)cccc21. The summed E-state index contributed by atoms with van der Waals surface area (Å²) in [4.78, 5) is 2.31. The van der Waals surface area contributed by atoms with E-state index >= 15 is 0 Å². The Balaban J connectivity index is 2.10. The third-order valence-electron chi connectivity index (χ3n) is 3.09. The van der Waals surface area contributed by atoms with Crippen molar-refractivity contribution in [1.29, 1.82) is 0 Å². The van der Waals surface area contributed by atoms with Crippen molar-refractivity contribution >= 4 is 11.4 Å². The van der Waals surface area contributed by atoms with Gasteiger partial charge in [-0.05, 0) is 30.2 Å². The molecule has 2 aliphatic rings. The topological polar surface area (TPSA) is 17.3 Å². The van der Waals surface area contributed by atoms with E-state index in [1.807, 2.05) is 12.3 Å². The number of anilines is 1. The molecule has 0 saturated carbocycles. The third-order valence-corrected chi connectivity index (χ3v) is 3.09. The minimum Gasteiger partial charge on any atom is -0.374 e.